The summed E-state index contributed by atoms with van der Waals surface area (Å²) in [6, 6.07) is 7.42. The van der Waals surface area contributed by atoms with Gasteiger partial charge in [0, 0.05) is 18.5 Å². The fourth-order valence-electron chi connectivity index (χ4n) is 2.77. The summed E-state index contributed by atoms with van der Waals surface area (Å²) in [6.07, 6.45) is 5.84. The Labute approximate surface area is 135 Å². The van der Waals surface area contributed by atoms with E-state index in [9.17, 15) is 4.79 Å². The molecule has 2 aromatic rings. The molecule has 1 heterocycles. The average molecular weight is 315 g/mol. The van der Waals surface area contributed by atoms with Crippen LogP contribution in [0.15, 0.2) is 28.8 Å². The van der Waals surface area contributed by atoms with Gasteiger partial charge in [0.25, 0.3) is 5.91 Å². The Bertz CT molecular complexity index is 645. The molecular formula is C17H21N3O3. The monoisotopic (exact) mass is 315 g/mol. The number of aromatic nitrogens is 2. The number of aryl methyl sites for hydroxylation is 1. The number of rotatable bonds is 5. The molecule has 0 atom stereocenters. The highest BCUT2D eigenvalue weighted by Gasteiger charge is 2.16. The number of nitrogens with one attached hydrogen (secondary N) is 1. The Kier molecular flexibility index (Phi) is 4.90. The van der Waals surface area contributed by atoms with Crippen molar-refractivity contribution in [2.75, 3.05) is 0 Å². The van der Waals surface area contributed by atoms with E-state index in [1.165, 1.54) is 19.3 Å². The maximum Gasteiger partial charge on any atom is 0.251 e. The van der Waals surface area contributed by atoms with Crippen molar-refractivity contribution in [3.63, 3.8) is 0 Å². The fourth-order valence-corrected chi connectivity index (χ4v) is 2.77. The predicted octanol–water partition coefficient (Wildman–Crippen LogP) is 3.02. The summed E-state index contributed by atoms with van der Waals surface area (Å²) < 4.78 is 10.5. The van der Waals surface area contributed by atoms with E-state index in [-0.39, 0.29) is 12.5 Å². The predicted molar refractivity (Wildman–Crippen MR) is 84.1 cm³/mol. The molecule has 6 heteroatoms. The van der Waals surface area contributed by atoms with Crippen LogP contribution in [0.5, 0.6) is 5.75 Å². The third kappa shape index (κ3) is 4.31. The number of ether oxygens (including phenoxy) is 1. The van der Waals surface area contributed by atoms with Gasteiger partial charge in [0.15, 0.2) is 6.61 Å². The molecule has 1 amide bonds. The van der Waals surface area contributed by atoms with Gasteiger partial charge in [-0.1, -0.05) is 24.4 Å². The van der Waals surface area contributed by atoms with Crippen molar-refractivity contribution >= 4 is 5.91 Å². The first kappa shape index (κ1) is 15.5. The molecule has 0 aliphatic heterocycles. The van der Waals surface area contributed by atoms with Crippen LogP contribution in [-0.2, 0) is 6.61 Å². The summed E-state index contributed by atoms with van der Waals surface area (Å²) in [5, 5.41) is 6.87. The Hall–Kier alpha value is -2.37. The molecule has 0 spiro atoms. The van der Waals surface area contributed by atoms with E-state index >= 15 is 0 Å². The topological polar surface area (TPSA) is 77.2 Å². The van der Waals surface area contributed by atoms with E-state index in [4.69, 9.17) is 9.26 Å². The van der Waals surface area contributed by atoms with E-state index in [1.807, 2.05) is 0 Å². The van der Waals surface area contributed by atoms with Crippen molar-refractivity contribution in [1.29, 1.82) is 0 Å². The van der Waals surface area contributed by atoms with Gasteiger partial charge in [-0.05, 0) is 37.1 Å². The summed E-state index contributed by atoms with van der Waals surface area (Å²) >= 11 is 0. The largest absolute Gasteiger partial charge is 0.485 e. The Morgan fingerprint density at radius 2 is 2.00 bits per heavy atom. The Balaban J connectivity index is 1.52. The van der Waals surface area contributed by atoms with Gasteiger partial charge in [-0.3, -0.25) is 4.79 Å². The zero-order valence-electron chi connectivity index (χ0n) is 13.2. The van der Waals surface area contributed by atoms with Crippen LogP contribution in [0.4, 0.5) is 0 Å². The van der Waals surface area contributed by atoms with Crippen LogP contribution < -0.4 is 10.1 Å². The second kappa shape index (κ2) is 7.26. The summed E-state index contributed by atoms with van der Waals surface area (Å²) in [5.74, 6) is 1.67. The summed E-state index contributed by atoms with van der Waals surface area (Å²) in [5.41, 5.74) is 0.651. The van der Waals surface area contributed by atoms with Crippen molar-refractivity contribution in [1.82, 2.24) is 15.5 Å². The summed E-state index contributed by atoms with van der Waals surface area (Å²) in [4.78, 5) is 16.3. The first-order valence-corrected chi connectivity index (χ1v) is 8.03. The molecule has 1 N–H and O–H groups in total. The van der Waals surface area contributed by atoms with Crippen LogP contribution in [-0.4, -0.2) is 22.1 Å². The van der Waals surface area contributed by atoms with Crippen molar-refractivity contribution in [3.8, 4) is 5.75 Å². The van der Waals surface area contributed by atoms with Crippen molar-refractivity contribution in [2.45, 2.75) is 51.7 Å². The van der Waals surface area contributed by atoms with Crippen molar-refractivity contribution in [2.24, 2.45) is 0 Å². The van der Waals surface area contributed by atoms with Crippen LogP contribution in [0.25, 0.3) is 0 Å². The highest BCUT2D eigenvalue weighted by atomic mass is 16.5. The number of benzene rings is 1. The second-order valence-corrected chi connectivity index (χ2v) is 5.85. The van der Waals surface area contributed by atoms with Crippen LogP contribution >= 0.6 is 0 Å². The number of nitrogens with zero attached hydrogens (tertiary/aromatic N) is 2. The van der Waals surface area contributed by atoms with Crippen molar-refractivity contribution < 1.29 is 14.1 Å². The van der Waals surface area contributed by atoms with E-state index in [0.29, 0.717) is 29.1 Å². The lowest BCUT2D eigenvalue weighted by molar-refractivity contribution is 0.0927. The number of hydrogen-bond donors (Lipinski definition) is 1. The van der Waals surface area contributed by atoms with Crippen LogP contribution in [0.3, 0.4) is 0 Å². The molecule has 6 nitrogen and oxygen atoms in total. The van der Waals surface area contributed by atoms with E-state index < -0.39 is 0 Å². The summed E-state index contributed by atoms with van der Waals surface area (Å²) in [6.45, 7) is 1.97. The fraction of sp³-hybridized carbons (Fsp3) is 0.471. The molecule has 1 aliphatic carbocycles. The van der Waals surface area contributed by atoms with Gasteiger partial charge < -0.3 is 14.6 Å². The van der Waals surface area contributed by atoms with Crippen LogP contribution in [0.2, 0.25) is 0 Å². The van der Waals surface area contributed by atoms with Crippen molar-refractivity contribution in [3.05, 3.63) is 41.5 Å². The van der Waals surface area contributed by atoms with E-state index in [2.05, 4.69) is 15.5 Å². The number of amides is 1. The van der Waals surface area contributed by atoms with E-state index in [0.717, 1.165) is 12.8 Å². The molecule has 0 bridgehead atoms. The number of carbonyl (C=O) groups excluding carboxylic acids is 1. The lowest BCUT2D eigenvalue weighted by Crippen LogP contribution is -2.36. The highest BCUT2D eigenvalue weighted by Crippen LogP contribution is 2.18. The SMILES string of the molecule is Cc1nc(COc2ccc(C(=O)NC3CCCCC3)cc2)no1. The van der Waals surface area contributed by atoms with Gasteiger partial charge in [0.2, 0.25) is 11.7 Å². The summed E-state index contributed by atoms with van der Waals surface area (Å²) in [7, 11) is 0. The highest BCUT2D eigenvalue weighted by molar-refractivity contribution is 5.94. The molecule has 1 aliphatic rings. The first-order chi connectivity index (χ1) is 11.2. The third-order valence-electron chi connectivity index (χ3n) is 3.99. The molecule has 122 valence electrons. The molecule has 23 heavy (non-hydrogen) atoms. The van der Waals surface area contributed by atoms with Gasteiger partial charge in [0.05, 0.1) is 0 Å². The quantitative estimate of drug-likeness (QED) is 0.917. The normalized spacial score (nSPS) is 15.3. The van der Waals surface area contributed by atoms with Gasteiger partial charge in [-0.15, -0.1) is 0 Å². The maximum atomic E-state index is 12.2. The Morgan fingerprint density at radius 3 is 2.65 bits per heavy atom. The van der Waals surface area contributed by atoms with Crippen LogP contribution in [0, 0.1) is 6.92 Å². The number of hydrogen-bond acceptors (Lipinski definition) is 5. The van der Waals surface area contributed by atoms with Gasteiger partial charge >= 0.3 is 0 Å². The third-order valence-corrected chi connectivity index (χ3v) is 3.99. The second-order valence-electron chi connectivity index (χ2n) is 5.85. The Morgan fingerprint density at radius 1 is 1.26 bits per heavy atom. The maximum absolute atomic E-state index is 12.2. The minimum Gasteiger partial charge on any atom is -0.485 e. The molecule has 0 unspecified atom stereocenters. The minimum absolute atomic E-state index is 0.0164. The number of carbonyl (C=O) groups is 1. The van der Waals surface area contributed by atoms with Crippen LogP contribution in [0.1, 0.15) is 54.2 Å². The molecule has 1 aromatic heterocycles. The van der Waals surface area contributed by atoms with E-state index in [1.54, 1.807) is 31.2 Å². The average Bonchev–Trinajstić information content (AvgIpc) is 3.00. The van der Waals surface area contributed by atoms with Gasteiger partial charge in [-0.25, -0.2) is 0 Å². The first-order valence-electron chi connectivity index (χ1n) is 8.03. The molecule has 1 fully saturated rings. The molecule has 3 rings (SSSR count). The lowest BCUT2D eigenvalue weighted by Gasteiger charge is -2.22. The minimum atomic E-state index is -0.0164. The molecule has 0 radical (unpaired) electrons. The zero-order chi connectivity index (χ0) is 16.1. The molecule has 1 aromatic carbocycles. The lowest BCUT2D eigenvalue weighted by atomic mass is 9.95. The van der Waals surface area contributed by atoms with Gasteiger partial charge in [0.1, 0.15) is 5.75 Å². The molecular weight excluding hydrogens is 294 g/mol. The molecule has 0 saturated heterocycles. The molecule has 1 saturated carbocycles. The standard InChI is InChI=1S/C17H21N3O3/c1-12-18-16(20-23-12)11-22-15-9-7-13(8-10-15)17(21)19-14-5-3-2-4-6-14/h7-10,14H,2-6,11H2,1H3,(H,19,21). The zero-order valence-corrected chi connectivity index (χ0v) is 13.2. The smallest absolute Gasteiger partial charge is 0.251 e. The van der Waals surface area contributed by atoms with Gasteiger partial charge in [-0.2, -0.15) is 4.98 Å².